The number of aromatic amines is 1. The van der Waals surface area contributed by atoms with Gasteiger partial charge in [-0.25, -0.2) is 14.8 Å². The van der Waals surface area contributed by atoms with Crippen LogP contribution in [-0.2, 0) is 4.74 Å². The molecule has 2 amide bonds. The first kappa shape index (κ1) is 24.7. The number of aromatic nitrogens is 3. The number of carbonyl (C=O) groups is 2. The van der Waals surface area contributed by atoms with E-state index in [1.54, 1.807) is 30.5 Å². The van der Waals surface area contributed by atoms with E-state index in [9.17, 15) is 14.7 Å². The Kier molecular flexibility index (Phi) is 7.31. The molecule has 1 saturated heterocycles. The summed E-state index contributed by atoms with van der Waals surface area (Å²) in [5.74, 6) is 0.153. The highest BCUT2D eigenvalue weighted by Gasteiger charge is 2.25. The van der Waals surface area contributed by atoms with E-state index in [0.29, 0.717) is 46.8 Å². The molecule has 0 unspecified atom stereocenters. The molecule has 37 heavy (non-hydrogen) atoms. The van der Waals surface area contributed by atoms with Crippen LogP contribution in [0, 0.1) is 0 Å². The third-order valence-electron chi connectivity index (χ3n) is 6.13. The number of hydrogen-bond acceptors (Lipinski definition) is 7. The molecule has 0 aliphatic carbocycles. The number of urea groups is 1. The number of rotatable bonds is 7. The van der Waals surface area contributed by atoms with Crippen LogP contribution >= 0.6 is 11.6 Å². The van der Waals surface area contributed by atoms with Gasteiger partial charge in [-0.3, -0.25) is 4.79 Å². The Bertz CT molecular complexity index is 1420. The van der Waals surface area contributed by atoms with Crippen molar-refractivity contribution in [2.24, 2.45) is 0 Å². The summed E-state index contributed by atoms with van der Waals surface area (Å²) in [5, 5.41) is 18.9. The summed E-state index contributed by atoms with van der Waals surface area (Å²) in [6.45, 7) is 0.401. The van der Waals surface area contributed by atoms with Crippen molar-refractivity contribution in [1.82, 2.24) is 15.0 Å². The number of nitrogens with one attached hydrogen (secondary N) is 4. The van der Waals surface area contributed by atoms with E-state index in [0.717, 1.165) is 6.42 Å². The van der Waals surface area contributed by atoms with Crippen LogP contribution < -0.4 is 16.0 Å². The lowest BCUT2D eigenvalue weighted by atomic mass is 10.0. The number of fused-ring (bicyclic) bond motifs is 1. The summed E-state index contributed by atoms with van der Waals surface area (Å²) < 4.78 is 5.66. The highest BCUT2D eigenvalue weighted by atomic mass is 35.5. The fourth-order valence-corrected chi connectivity index (χ4v) is 4.45. The second-order valence-corrected chi connectivity index (χ2v) is 9.08. The molecule has 0 saturated carbocycles. The van der Waals surface area contributed by atoms with Crippen LogP contribution in [-0.4, -0.2) is 57.2 Å². The van der Waals surface area contributed by atoms with Gasteiger partial charge in [-0.2, -0.15) is 0 Å². The summed E-state index contributed by atoms with van der Waals surface area (Å²) in [5.41, 5.74) is 2.11. The Balaban J connectivity index is 1.38. The van der Waals surface area contributed by atoms with Crippen LogP contribution in [0.25, 0.3) is 11.0 Å². The number of H-pyrrole nitrogens is 1. The van der Waals surface area contributed by atoms with Crippen molar-refractivity contribution in [2.45, 2.75) is 25.0 Å². The van der Waals surface area contributed by atoms with Crippen LogP contribution in [0.4, 0.5) is 22.0 Å². The second kappa shape index (κ2) is 11.0. The predicted octanol–water partition coefficient (Wildman–Crippen LogP) is 4.44. The molecule has 1 aliphatic rings. The SMILES string of the molecule is O=C(Nc1ccccc1)Nc1ccc(Cl)c(C(=O)c2c[nH]c3ncnc(N[C@@H]4CC[C@@H](CO)OC4)c23)c1. The van der Waals surface area contributed by atoms with Gasteiger partial charge in [0.2, 0.25) is 0 Å². The molecular weight excluding hydrogens is 496 g/mol. The average molecular weight is 521 g/mol. The van der Waals surface area contributed by atoms with Crippen molar-refractivity contribution in [3.8, 4) is 0 Å². The van der Waals surface area contributed by atoms with Gasteiger partial charge in [-0.15, -0.1) is 0 Å². The smallest absolute Gasteiger partial charge is 0.323 e. The standard InChI is InChI=1S/C26H25ClN6O4/c27-21-9-7-16(33-26(36)32-15-4-2-1-3-5-15)10-19(21)23(35)20-11-28-24-22(20)25(30-14-29-24)31-17-6-8-18(12-34)37-13-17/h1-5,7,9-11,14,17-18,34H,6,8,12-13H2,(H2,32,33,36)(H2,28,29,30,31)/t17-,18+/m1/s1. The quantitative estimate of drug-likeness (QED) is 0.227. The molecule has 2 aromatic heterocycles. The maximum Gasteiger partial charge on any atom is 0.323 e. The summed E-state index contributed by atoms with van der Waals surface area (Å²) in [4.78, 5) is 37.7. The molecule has 0 bridgehead atoms. The maximum absolute atomic E-state index is 13.6. The molecule has 1 fully saturated rings. The Morgan fingerprint density at radius 3 is 2.62 bits per heavy atom. The van der Waals surface area contributed by atoms with E-state index in [2.05, 4.69) is 30.9 Å². The van der Waals surface area contributed by atoms with Crippen LogP contribution in [0.5, 0.6) is 0 Å². The highest BCUT2D eigenvalue weighted by Crippen LogP contribution is 2.30. The summed E-state index contributed by atoms with van der Waals surface area (Å²) in [7, 11) is 0. The van der Waals surface area contributed by atoms with Gasteiger partial charge in [0.1, 0.15) is 17.8 Å². The minimum absolute atomic E-state index is 0.0104. The first-order valence-electron chi connectivity index (χ1n) is 11.8. The van der Waals surface area contributed by atoms with E-state index in [1.807, 2.05) is 18.2 Å². The van der Waals surface area contributed by atoms with Crippen LogP contribution in [0.1, 0.15) is 28.8 Å². The summed E-state index contributed by atoms with van der Waals surface area (Å²) >= 11 is 6.41. The van der Waals surface area contributed by atoms with Crippen molar-refractivity contribution >= 4 is 51.6 Å². The molecule has 10 nitrogen and oxygen atoms in total. The lowest BCUT2D eigenvalue weighted by Crippen LogP contribution is -2.36. The van der Waals surface area contributed by atoms with Gasteiger partial charge in [0.05, 0.1) is 41.3 Å². The van der Waals surface area contributed by atoms with E-state index >= 15 is 0 Å². The van der Waals surface area contributed by atoms with Gasteiger partial charge in [-0.1, -0.05) is 29.8 Å². The molecule has 190 valence electrons. The maximum atomic E-state index is 13.6. The molecule has 1 aliphatic heterocycles. The Morgan fingerprint density at radius 1 is 1.05 bits per heavy atom. The van der Waals surface area contributed by atoms with Gasteiger partial charge < -0.3 is 30.8 Å². The topological polar surface area (TPSA) is 141 Å². The van der Waals surface area contributed by atoms with Gasteiger partial charge in [0.25, 0.3) is 0 Å². The molecule has 5 rings (SSSR count). The van der Waals surface area contributed by atoms with Crippen LogP contribution in [0.2, 0.25) is 5.02 Å². The number of halogens is 1. The fourth-order valence-electron chi connectivity index (χ4n) is 4.25. The number of carbonyl (C=O) groups excluding carboxylic acids is 2. The first-order valence-corrected chi connectivity index (χ1v) is 12.2. The summed E-state index contributed by atoms with van der Waals surface area (Å²) in [6, 6.07) is 13.3. The molecule has 11 heteroatoms. The zero-order valence-electron chi connectivity index (χ0n) is 19.7. The Morgan fingerprint density at radius 2 is 1.86 bits per heavy atom. The molecule has 3 heterocycles. The number of ether oxygens (including phenoxy) is 1. The monoisotopic (exact) mass is 520 g/mol. The minimum Gasteiger partial charge on any atom is -0.394 e. The van der Waals surface area contributed by atoms with E-state index < -0.39 is 6.03 Å². The van der Waals surface area contributed by atoms with Crippen LogP contribution in [0.3, 0.4) is 0 Å². The number of ketones is 1. The molecule has 5 N–H and O–H groups in total. The molecule has 2 atom stereocenters. The van der Waals surface area contributed by atoms with Crippen molar-refractivity contribution in [3.05, 3.63) is 77.2 Å². The molecular formula is C26H25ClN6O4. The lowest BCUT2D eigenvalue weighted by molar-refractivity contribution is -0.0224. The predicted molar refractivity (Wildman–Crippen MR) is 141 cm³/mol. The third-order valence-corrected chi connectivity index (χ3v) is 6.46. The normalized spacial score (nSPS) is 17.4. The molecule has 0 radical (unpaired) electrons. The van der Waals surface area contributed by atoms with Gasteiger partial charge in [0.15, 0.2) is 5.78 Å². The number of para-hydroxylation sites is 1. The Hall–Kier alpha value is -3.99. The number of anilines is 3. The van der Waals surface area contributed by atoms with Gasteiger partial charge in [-0.05, 0) is 43.2 Å². The largest absolute Gasteiger partial charge is 0.394 e. The Labute approximate surface area is 217 Å². The van der Waals surface area contributed by atoms with Gasteiger partial charge in [0, 0.05) is 23.1 Å². The van der Waals surface area contributed by atoms with Crippen molar-refractivity contribution < 1.29 is 19.4 Å². The lowest BCUT2D eigenvalue weighted by Gasteiger charge is -2.29. The molecule has 4 aromatic rings. The number of nitrogens with zero attached hydrogens (tertiary/aromatic N) is 2. The average Bonchev–Trinajstić information content (AvgIpc) is 3.36. The highest BCUT2D eigenvalue weighted by molar-refractivity contribution is 6.36. The third kappa shape index (κ3) is 5.56. The van der Waals surface area contributed by atoms with Crippen molar-refractivity contribution in [3.63, 3.8) is 0 Å². The van der Waals surface area contributed by atoms with E-state index in [-0.39, 0.29) is 35.1 Å². The van der Waals surface area contributed by atoms with E-state index in [4.69, 9.17) is 16.3 Å². The fraction of sp³-hybridized carbons (Fsp3) is 0.231. The van der Waals surface area contributed by atoms with Crippen molar-refractivity contribution in [2.75, 3.05) is 29.2 Å². The zero-order chi connectivity index (χ0) is 25.8. The number of benzene rings is 2. The van der Waals surface area contributed by atoms with E-state index in [1.165, 1.54) is 12.4 Å². The second-order valence-electron chi connectivity index (χ2n) is 8.67. The molecule has 0 spiro atoms. The van der Waals surface area contributed by atoms with Crippen molar-refractivity contribution in [1.29, 1.82) is 0 Å². The first-order chi connectivity index (χ1) is 18.0. The molecule has 2 aromatic carbocycles. The van der Waals surface area contributed by atoms with Crippen LogP contribution in [0.15, 0.2) is 61.1 Å². The zero-order valence-corrected chi connectivity index (χ0v) is 20.5. The number of aliphatic hydroxyl groups is 1. The van der Waals surface area contributed by atoms with Gasteiger partial charge >= 0.3 is 6.03 Å². The number of hydrogen-bond donors (Lipinski definition) is 5. The number of amides is 2. The minimum atomic E-state index is -0.447. The summed E-state index contributed by atoms with van der Waals surface area (Å²) in [6.07, 6.45) is 4.33. The number of aliphatic hydroxyl groups excluding tert-OH is 1.